The summed E-state index contributed by atoms with van der Waals surface area (Å²) in [6, 6.07) is 0. The van der Waals surface area contributed by atoms with Gasteiger partial charge >= 0.3 is 11.9 Å². The molecule has 1 aromatic heterocycles. The van der Waals surface area contributed by atoms with Gasteiger partial charge in [0.25, 0.3) is 0 Å². The Kier molecular flexibility index (Phi) is 3.42. The predicted octanol–water partition coefficient (Wildman–Crippen LogP) is 3.40. The van der Waals surface area contributed by atoms with Gasteiger partial charge in [-0.15, -0.1) is 0 Å². The molecule has 0 unspecified atom stereocenters. The van der Waals surface area contributed by atoms with Gasteiger partial charge in [0.05, 0.1) is 11.1 Å². The molecule has 1 aromatic rings. The number of allylic oxidation sites excluding steroid dienone is 2. The van der Waals surface area contributed by atoms with E-state index in [1.807, 2.05) is 27.7 Å². The minimum atomic E-state index is -0.582. The molecule has 0 aromatic carbocycles. The number of hydrogen-bond acceptors (Lipinski definition) is 4. The number of esters is 2. The lowest BCUT2D eigenvalue weighted by molar-refractivity contribution is -0.149. The molecule has 0 amide bonds. The van der Waals surface area contributed by atoms with Gasteiger partial charge in [-0.1, -0.05) is 5.57 Å². The number of ether oxygens (including phenoxy) is 1. The topological polar surface area (TPSA) is 56.5 Å². The smallest absolute Gasteiger partial charge is 0.347 e. The van der Waals surface area contributed by atoms with E-state index in [0.29, 0.717) is 11.1 Å². The maximum Gasteiger partial charge on any atom is 0.347 e. The van der Waals surface area contributed by atoms with Crippen LogP contribution >= 0.6 is 0 Å². The van der Waals surface area contributed by atoms with E-state index in [0.717, 1.165) is 33.8 Å². The molecule has 20 heavy (non-hydrogen) atoms. The van der Waals surface area contributed by atoms with Crippen molar-refractivity contribution in [3.63, 3.8) is 0 Å². The average molecular weight is 274 g/mol. The summed E-state index contributed by atoms with van der Waals surface area (Å²) in [5.74, 6) is 0.403. The molecule has 2 rings (SSSR count). The highest BCUT2D eigenvalue weighted by Gasteiger charge is 2.36. The van der Waals surface area contributed by atoms with Crippen molar-refractivity contribution < 1.29 is 18.7 Å². The molecule has 0 aliphatic carbocycles. The molecule has 106 valence electrons. The fourth-order valence-electron chi connectivity index (χ4n) is 2.65. The largest absolute Gasteiger partial charge is 0.466 e. The molecule has 1 fully saturated rings. The predicted molar refractivity (Wildman–Crippen MR) is 75.0 cm³/mol. The van der Waals surface area contributed by atoms with Crippen LogP contribution in [0, 0.1) is 20.8 Å². The standard InChI is InChI=1S/C16H18O4/c1-7(2)12-14(16(18)20-15(12)17)9(4)13-8(3)10(5)19-11(13)6/h1-6H3/b14-9+. The second-order valence-electron chi connectivity index (χ2n) is 5.27. The summed E-state index contributed by atoms with van der Waals surface area (Å²) in [6.07, 6.45) is 0. The Hall–Kier alpha value is -2.10. The summed E-state index contributed by atoms with van der Waals surface area (Å²) in [7, 11) is 0. The van der Waals surface area contributed by atoms with E-state index in [1.54, 1.807) is 13.8 Å². The lowest BCUT2D eigenvalue weighted by atomic mass is 9.93. The molecule has 4 nitrogen and oxygen atoms in total. The SMILES string of the molecule is CC(C)=C1C(=O)OC(=O)/C1=C(\C)c1c(C)oc(C)c1C. The third-order valence-corrected chi connectivity index (χ3v) is 3.65. The van der Waals surface area contributed by atoms with Gasteiger partial charge < -0.3 is 9.15 Å². The zero-order valence-electron chi connectivity index (χ0n) is 12.6. The Bertz CT molecular complexity index is 680. The molecule has 0 N–H and O–H groups in total. The molecule has 0 spiro atoms. The van der Waals surface area contributed by atoms with E-state index in [4.69, 9.17) is 9.15 Å². The summed E-state index contributed by atoms with van der Waals surface area (Å²) in [6.45, 7) is 11.1. The molecule has 1 aliphatic heterocycles. The fourth-order valence-corrected chi connectivity index (χ4v) is 2.65. The van der Waals surface area contributed by atoms with E-state index in [-0.39, 0.29) is 0 Å². The Morgan fingerprint density at radius 2 is 1.40 bits per heavy atom. The maximum absolute atomic E-state index is 12.0. The Morgan fingerprint density at radius 3 is 1.85 bits per heavy atom. The Morgan fingerprint density at radius 1 is 0.850 bits per heavy atom. The molecule has 0 bridgehead atoms. The van der Waals surface area contributed by atoms with Gasteiger partial charge in [-0.3, -0.25) is 0 Å². The summed E-state index contributed by atoms with van der Waals surface area (Å²) < 4.78 is 10.3. The molecule has 0 atom stereocenters. The lowest BCUT2D eigenvalue weighted by Crippen LogP contribution is -2.00. The van der Waals surface area contributed by atoms with Crippen molar-refractivity contribution in [3.05, 3.63) is 39.4 Å². The summed E-state index contributed by atoms with van der Waals surface area (Å²) >= 11 is 0. The quantitative estimate of drug-likeness (QED) is 0.447. The van der Waals surface area contributed by atoms with Gasteiger partial charge in [0.1, 0.15) is 11.5 Å². The number of rotatable bonds is 1. The highest BCUT2D eigenvalue weighted by molar-refractivity contribution is 6.22. The summed E-state index contributed by atoms with van der Waals surface area (Å²) in [5, 5.41) is 0. The van der Waals surface area contributed by atoms with Gasteiger partial charge in [0, 0.05) is 5.56 Å². The van der Waals surface area contributed by atoms with E-state index in [9.17, 15) is 9.59 Å². The normalized spacial score (nSPS) is 17.6. The van der Waals surface area contributed by atoms with Crippen LogP contribution in [0.25, 0.3) is 5.57 Å². The average Bonchev–Trinajstić information content (AvgIpc) is 2.76. The fraction of sp³-hybridized carbons (Fsp3) is 0.375. The van der Waals surface area contributed by atoms with Crippen molar-refractivity contribution in [2.24, 2.45) is 0 Å². The maximum atomic E-state index is 12.0. The van der Waals surface area contributed by atoms with Crippen molar-refractivity contribution in [1.29, 1.82) is 0 Å². The number of aryl methyl sites for hydroxylation is 2. The van der Waals surface area contributed by atoms with E-state index < -0.39 is 11.9 Å². The lowest BCUT2D eigenvalue weighted by Gasteiger charge is -2.06. The third kappa shape index (κ3) is 2.01. The molecule has 2 heterocycles. The molecular weight excluding hydrogens is 256 g/mol. The molecular formula is C16H18O4. The first kappa shape index (κ1) is 14.3. The third-order valence-electron chi connectivity index (χ3n) is 3.65. The zero-order valence-corrected chi connectivity index (χ0v) is 12.6. The van der Waals surface area contributed by atoms with Crippen molar-refractivity contribution >= 4 is 17.5 Å². The van der Waals surface area contributed by atoms with Crippen LogP contribution in [0.5, 0.6) is 0 Å². The van der Waals surface area contributed by atoms with Crippen LogP contribution in [-0.2, 0) is 14.3 Å². The van der Waals surface area contributed by atoms with Crippen LogP contribution in [0.2, 0.25) is 0 Å². The van der Waals surface area contributed by atoms with Gasteiger partial charge in [0.2, 0.25) is 0 Å². The van der Waals surface area contributed by atoms with Crippen LogP contribution < -0.4 is 0 Å². The van der Waals surface area contributed by atoms with Crippen LogP contribution in [0.3, 0.4) is 0 Å². The van der Waals surface area contributed by atoms with Crippen LogP contribution in [-0.4, -0.2) is 11.9 Å². The molecule has 1 saturated heterocycles. The van der Waals surface area contributed by atoms with Gasteiger partial charge in [0.15, 0.2) is 0 Å². The second kappa shape index (κ2) is 4.78. The molecule has 1 aliphatic rings. The number of hydrogen-bond donors (Lipinski definition) is 0. The summed E-state index contributed by atoms with van der Waals surface area (Å²) in [4.78, 5) is 23.8. The monoisotopic (exact) mass is 274 g/mol. The van der Waals surface area contributed by atoms with Crippen LogP contribution in [0.15, 0.2) is 21.1 Å². The zero-order chi connectivity index (χ0) is 15.2. The first-order valence-corrected chi connectivity index (χ1v) is 6.47. The van der Waals surface area contributed by atoms with Crippen molar-refractivity contribution in [1.82, 2.24) is 0 Å². The first-order valence-electron chi connectivity index (χ1n) is 6.47. The van der Waals surface area contributed by atoms with Crippen molar-refractivity contribution in [2.75, 3.05) is 0 Å². The molecule has 4 heteroatoms. The molecule has 0 radical (unpaired) electrons. The van der Waals surface area contributed by atoms with Crippen molar-refractivity contribution in [3.8, 4) is 0 Å². The van der Waals surface area contributed by atoms with Crippen LogP contribution in [0.1, 0.15) is 43.4 Å². The van der Waals surface area contributed by atoms with Crippen LogP contribution in [0.4, 0.5) is 0 Å². The number of furan rings is 1. The highest BCUT2D eigenvalue weighted by Crippen LogP contribution is 2.36. The minimum absolute atomic E-state index is 0.349. The minimum Gasteiger partial charge on any atom is -0.466 e. The van der Waals surface area contributed by atoms with E-state index >= 15 is 0 Å². The number of carbonyl (C=O) groups is 2. The number of carbonyl (C=O) groups excluding carboxylic acids is 2. The van der Waals surface area contributed by atoms with Crippen molar-refractivity contribution in [2.45, 2.75) is 41.5 Å². The second-order valence-corrected chi connectivity index (χ2v) is 5.27. The van der Waals surface area contributed by atoms with Gasteiger partial charge in [-0.05, 0) is 52.7 Å². The Balaban J connectivity index is 2.76. The molecule has 0 saturated carbocycles. The van der Waals surface area contributed by atoms with E-state index in [1.165, 1.54) is 0 Å². The first-order chi connectivity index (χ1) is 9.25. The van der Waals surface area contributed by atoms with E-state index in [2.05, 4.69) is 0 Å². The van der Waals surface area contributed by atoms with Gasteiger partial charge in [-0.2, -0.15) is 0 Å². The number of cyclic esters (lactones) is 2. The van der Waals surface area contributed by atoms with Gasteiger partial charge in [-0.25, -0.2) is 9.59 Å². The summed E-state index contributed by atoms with van der Waals surface area (Å²) in [5.41, 5.74) is 4.07. The Labute approximate surface area is 118 Å². The highest BCUT2D eigenvalue weighted by atomic mass is 16.6.